The molecule has 3 heterocycles. The lowest BCUT2D eigenvalue weighted by Crippen LogP contribution is -2.14. The van der Waals surface area contributed by atoms with Crippen molar-refractivity contribution in [3.8, 4) is 39.0 Å². The number of benzene rings is 2. The highest BCUT2D eigenvalue weighted by molar-refractivity contribution is 7.15. The summed E-state index contributed by atoms with van der Waals surface area (Å²) in [5.74, 6) is -0.130. The van der Waals surface area contributed by atoms with E-state index in [-0.39, 0.29) is 11.6 Å². The third-order valence-electron chi connectivity index (χ3n) is 5.59. The molecule has 8 heteroatoms. The highest BCUT2D eigenvalue weighted by Crippen LogP contribution is 2.35. The summed E-state index contributed by atoms with van der Waals surface area (Å²) < 4.78 is 42.9. The second-order valence-corrected chi connectivity index (χ2v) is 9.69. The van der Waals surface area contributed by atoms with E-state index in [1.54, 1.807) is 6.07 Å². The van der Waals surface area contributed by atoms with Crippen molar-refractivity contribution in [3.63, 3.8) is 0 Å². The van der Waals surface area contributed by atoms with Gasteiger partial charge in [-0.15, -0.1) is 11.3 Å². The fraction of sp³-hybridized carbons (Fsp3) is 0.148. The minimum atomic E-state index is -4.63. The van der Waals surface area contributed by atoms with Gasteiger partial charge in [-0.1, -0.05) is 59.7 Å². The topological polar surface area (TPSA) is 43.6 Å². The molecule has 0 N–H and O–H groups in total. The van der Waals surface area contributed by atoms with Crippen LogP contribution in [0, 0.1) is 20.8 Å². The van der Waals surface area contributed by atoms with Crippen LogP contribution in [0.4, 0.5) is 13.2 Å². The predicted molar refractivity (Wildman–Crippen MR) is 133 cm³/mol. The molecule has 35 heavy (non-hydrogen) atoms. The maximum Gasteiger partial charge on any atom is 0.433 e. The zero-order valence-electron chi connectivity index (χ0n) is 19.3. The van der Waals surface area contributed by atoms with Crippen molar-refractivity contribution >= 4 is 11.3 Å². The third-order valence-corrected chi connectivity index (χ3v) is 6.61. The van der Waals surface area contributed by atoms with Crippen molar-refractivity contribution in [1.82, 2.24) is 19.7 Å². The number of aryl methyl sites for hydroxylation is 3. The molecule has 0 amide bonds. The number of alkyl halides is 3. The minimum absolute atomic E-state index is 0.130. The van der Waals surface area contributed by atoms with Crippen molar-refractivity contribution in [1.29, 1.82) is 0 Å². The van der Waals surface area contributed by atoms with Gasteiger partial charge in [-0.05, 0) is 45.0 Å². The lowest BCUT2D eigenvalue weighted by Gasteiger charge is -2.12. The Balaban J connectivity index is 1.74. The monoisotopic (exact) mass is 490 g/mol. The molecule has 2 aromatic carbocycles. The average molecular weight is 491 g/mol. The first kappa shape index (κ1) is 23.0. The average Bonchev–Trinajstić information content (AvgIpc) is 3.46. The van der Waals surface area contributed by atoms with Gasteiger partial charge in [0.1, 0.15) is 0 Å². The molecule has 0 unspecified atom stereocenters. The Morgan fingerprint density at radius 3 is 1.91 bits per heavy atom. The van der Waals surface area contributed by atoms with Crippen LogP contribution in [0.3, 0.4) is 0 Å². The molecule has 4 nitrogen and oxygen atoms in total. The number of hydrogen-bond acceptors (Lipinski definition) is 4. The van der Waals surface area contributed by atoms with E-state index >= 15 is 0 Å². The van der Waals surface area contributed by atoms with Crippen molar-refractivity contribution in [3.05, 3.63) is 94.5 Å². The van der Waals surface area contributed by atoms with Crippen LogP contribution in [0.15, 0.2) is 72.8 Å². The van der Waals surface area contributed by atoms with E-state index in [2.05, 4.69) is 15.1 Å². The standard InChI is InChI=1S/C27H21F3N4S/c1-16-4-9-19(10-5-16)21-14-23(20-11-6-17(2)7-12-20)34(33-21)26-31-22(24-13-8-18(3)35-24)15-25(32-26)27(28,29)30/h4-15H,1-3H3. The highest BCUT2D eigenvalue weighted by atomic mass is 32.1. The predicted octanol–water partition coefficient (Wildman–Crippen LogP) is 7.67. The summed E-state index contributed by atoms with van der Waals surface area (Å²) in [6.07, 6.45) is -4.63. The fourth-order valence-corrected chi connectivity index (χ4v) is 4.53. The first-order chi connectivity index (χ1) is 16.7. The van der Waals surface area contributed by atoms with Crippen LogP contribution in [0.1, 0.15) is 21.7 Å². The smallest absolute Gasteiger partial charge is 0.210 e. The van der Waals surface area contributed by atoms with E-state index in [4.69, 9.17) is 0 Å². The van der Waals surface area contributed by atoms with E-state index in [1.165, 1.54) is 16.0 Å². The van der Waals surface area contributed by atoms with E-state index in [0.29, 0.717) is 16.3 Å². The molecule has 0 aliphatic carbocycles. The summed E-state index contributed by atoms with van der Waals surface area (Å²) in [7, 11) is 0. The molecule has 0 saturated heterocycles. The Kier molecular flexibility index (Phi) is 5.76. The summed E-state index contributed by atoms with van der Waals surface area (Å²) in [6, 6.07) is 22.0. The van der Waals surface area contributed by atoms with Gasteiger partial charge in [0.05, 0.1) is 22.0 Å². The number of thiophene rings is 1. The summed E-state index contributed by atoms with van der Waals surface area (Å²) in [4.78, 5) is 10.0. The Labute approximate surface area is 204 Å². The fourth-order valence-electron chi connectivity index (χ4n) is 3.70. The molecule has 0 radical (unpaired) electrons. The van der Waals surface area contributed by atoms with E-state index < -0.39 is 11.9 Å². The lowest BCUT2D eigenvalue weighted by molar-refractivity contribution is -0.141. The van der Waals surface area contributed by atoms with Crippen LogP contribution in [0.25, 0.3) is 39.0 Å². The number of nitrogens with zero attached hydrogens (tertiary/aromatic N) is 4. The van der Waals surface area contributed by atoms with E-state index in [1.807, 2.05) is 81.4 Å². The maximum atomic E-state index is 13.8. The van der Waals surface area contributed by atoms with Gasteiger partial charge in [0.25, 0.3) is 5.95 Å². The molecular formula is C27H21F3N4S. The Bertz CT molecular complexity index is 1500. The number of halogens is 3. The second-order valence-electron chi connectivity index (χ2n) is 8.41. The quantitative estimate of drug-likeness (QED) is 0.260. The van der Waals surface area contributed by atoms with Gasteiger partial charge >= 0.3 is 6.18 Å². The van der Waals surface area contributed by atoms with Crippen molar-refractivity contribution in [2.24, 2.45) is 0 Å². The Hall–Kier alpha value is -3.78. The molecule has 0 aliphatic rings. The van der Waals surface area contributed by atoms with E-state index in [0.717, 1.165) is 33.2 Å². The molecular weight excluding hydrogens is 469 g/mol. The number of hydrogen-bond donors (Lipinski definition) is 0. The number of aromatic nitrogens is 4. The molecule has 176 valence electrons. The maximum absolute atomic E-state index is 13.8. The van der Waals surface area contributed by atoms with Crippen LogP contribution in [0.5, 0.6) is 0 Å². The lowest BCUT2D eigenvalue weighted by atomic mass is 10.1. The second kappa shape index (κ2) is 8.78. The van der Waals surface area contributed by atoms with Crippen molar-refractivity contribution in [2.75, 3.05) is 0 Å². The third kappa shape index (κ3) is 4.74. The Morgan fingerprint density at radius 2 is 1.34 bits per heavy atom. The zero-order valence-corrected chi connectivity index (χ0v) is 20.1. The molecule has 5 rings (SSSR count). The first-order valence-electron chi connectivity index (χ1n) is 10.9. The van der Waals surface area contributed by atoms with Gasteiger partial charge in [-0.2, -0.15) is 23.0 Å². The Morgan fingerprint density at radius 1 is 0.714 bits per heavy atom. The minimum Gasteiger partial charge on any atom is -0.210 e. The van der Waals surface area contributed by atoms with Gasteiger partial charge in [0.2, 0.25) is 0 Å². The molecule has 0 atom stereocenters. The van der Waals surface area contributed by atoms with Crippen molar-refractivity contribution in [2.45, 2.75) is 26.9 Å². The number of rotatable bonds is 4. The first-order valence-corrected chi connectivity index (χ1v) is 11.8. The zero-order chi connectivity index (χ0) is 24.7. The summed E-state index contributed by atoms with van der Waals surface area (Å²) in [5, 5.41) is 4.67. The normalized spacial score (nSPS) is 11.7. The highest BCUT2D eigenvalue weighted by Gasteiger charge is 2.34. The summed E-state index contributed by atoms with van der Waals surface area (Å²) in [5.41, 5.74) is 4.25. The van der Waals surface area contributed by atoms with Crippen LogP contribution >= 0.6 is 11.3 Å². The van der Waals surface area contributed by atoms with Crippen LogP contribution in [-0.2, 0) is 6.18 Å². The van der Waals surface area contributed by atoms with Crippen LogP contribution < -0.4 is 0 Å². The summed E-state index contributed by atoms with van der Waals surface area (Å²) >= 11 is 1.38. The summed E-state index contributed by atoms with van der Waals surface area (Å²) in [6.45, 7) is 5.87. The largest absolute Gasteiger partial charge is 0.433 e. The molecule has 0 spiro atoms. The van der Waals surface area contributed by atoms with Gasteiger partial charge < -0.3 is 0 Å². The molecule has 0 bridgehead atoms. The molecule has 3 aromatic heterocycles. The molecule has 0 fully saturated rings. The van der Waals surface area contributed by atoms with Gasteiger partial charge in [0, 0.05) is 16.0 Å². The van der Waals surface area contributed by atoms with Crippen LogP contribution in [-0.4, -0.2) is 19.7 Å². The van der Waals surface area contributed by atoms with Gasteiger partial charge in [-0.3, -0.25) is 0 Å². The SMILES string of the molecule is Cc1ccc(-c2cc(-c3ccc(C)cc3)n(-c3nc(-c4ccc(C)s4)cc(C(F)(F)F)n3)n2)cc1. The van der Waals surface area contributed by atoms with Crippen molar-refractivity contribution < 1.29 is 13.2 Å². The van der Waals surface area contributed by atoms with Gasteiger partial charge in [0.15, 0.2) is 5.69 Å². The van der Waals surface area contributed by atoms with Crippen LogP contribution in [0.2, 0.25) is 0 Å². The van der Waals surface area contributed by atoms with Gasteiger partial charge in [-0.25, -0.2) is 9.97 Å². The van der Waals surface area contributed by atoms with E-state index in [9.17, 15) is 13.2 Å². The molecule has 0 saturated carbocycles. The molecule has 0 aliphatic heterocycles. The molecule has 5 aromatic rings.